The molecule has 0 bridgehead atoms. The lowest BCUT2D eigenvalue weighted by molar-refractivity contribution is 0.148. The summed E-state index contributed by atoms with van der Waals surface area (Å²) in [5.41, 5.74) is 2.39. The van der Waals surface area contributed by atoms with Crippen molar-refractivity contribution in [3.63, 3.8) is 0 Å². The van der Waals surface area contributed by atoms with Gasteiger partial charge < -0.3 is 15.1 Å². The number of nitrogens with zero attached hydrogens (tertiary/aromatic N) is 8. The summed E-state index contributed by atoms with van der Waals surface area (Å²) in [4.78, 5) is 25.2. The summed E-state index contributed by atoms with van der Waals surface area (Å²) in [6, 6.07) is 7.34. The molecule has 0 radical (unpaired) electrons. The van der Waals surface area contributed by atoms with Gasteiger partial charge in [0.1, 0.15) is 11.5 Å². The summed E-state index contributed by atoms with van der Waals surface area (Å²) in [6.45, 7) is 12.4. The van der Waals surface area contributed by atoms with Crippen LogP contribution in [0.15, 0.2) is 49.1 Å². The first-order valence-electron chi connectivity index (χ1n) is 10.6. The van der Waals surface area contributed by atoms with Crippen molar-refractivity contribution in [2.75, 3.05) is 38.5 Å². The fourth-order valence-corrected chi connectivity index (χ4v) is 3.79. The Bertz CT molecular complexity index is 1320. The highest BCUT2D eigenvalue weighted by atomic mass is 19.1. The molecule has 0 spiro atoms. The van der Waals surface area contributed by atoms with Crippen LogP contribution < -0.4 is 5.32 Å². The molecule has 0 saturated carbocycles. The Morgan fingerprint density at radius 3 is 2.64 bits per heavy atom. The normalized spacial score (nSPS) is 14.9. The SMILES string of the molecule is [C-]#[N+]c1cnc2ccc(-c3nc(Nc4ccc(CN5CCN(C)CC5)cn4)ncc3F)cn12. The predicted molar refractivity (Wildman–Crippen MR) is 123 cm³/mol. The largest absolute Gasteiger partial charge is 0.362 e. The van der Waals surface area contributed by atoms with Gasteiger partial charge in [0.2, 0.25) is 11.6 Å². The van der Waals surface area contributed by atoms with Gasteiger partial charge in [-0.3, -0.25) is 4.90 Å². The number of likely N-dealkylation sites (N-methyl/N-ethyl adjacent to an activating group) is 1. The summed E-state index contributed by atoms with van der Waals surface area (Å²) in [7, 11) is 2.14. The minimum absolute atomic E-state index is 0.130. The molecule has 0 unspecified atom stereocenters. The fraction of sp³-hybridized carbons (Fsp3) is 0.261. The lowest BCUT2D eigenvalue weighted by Crippen LogP contribution is -2.43. The van der Waals surface area contributed by atoms with Crippen LogP contribution in [0.5, 0.6) is 0 Å². The van der Waals surface area contributed by atoms with Gasteiger partial charge in [-0.25, -0.2) is 28.7 Å². The molecule has 33 heavy (non-hydrogen) atoms. The molecule has 0 atom stereocenters. The van der Waals surface area contributed by atoms with Crippen LogP contribution in [0.25, 0.3) is 21.7 Å². The highest BCUT2D eigenvalue weighted by molar-refractivity contribution is 5.65. The first-order valence-corrected chi connectivity index (χ1v) is 10.6. The van der Waals surface area contributed by atoms with Crippen LogP contribution >= 0.6 is 0 Å². The molecule has 1 fully saturated rings. The maximum absolute atomic E-state index is 14.5. The minimum atomic E-state index is -0.556. The maximum atomic E-state index is 14.5. The summed E-state index contributed by atoms with van der Waals surface area (Å²) >= 11 is 0. The van der Waals surface area contributed by atoms with Crippen molar-refractivity contribution in [3.05, 3.63) is 71.9 Å². The zero-order valence-corrected chi connectivity index (χ0v) is 18.1. The quantitative estimate of drug-likeness (QED) is 0.474. The molecular weight excluding hydrogens is 421 g/mol. The lowest BCUT2D eigenvalue weighted by atomic mass is 10.2. The van der Waals surface area contributed by atoms with E-state index in [2.05, 4.69) is 46.9 Å². The van der Waals surface area contributed by atoms with Crippen molar-refractivity contribution in [2.45, 2.75) is 6.54 Å². The van der Waals surface area contributed by atoms with E-state index in [-0.39, 0.29) is 11.6 Å². The summed E-state index contributed by atoms with van der Waals surface area (Å²) < 4.78 is 16.1. The van der Waals surface area contributed by atoms with E-state index in [0.717, 1.165) is 44.5 Å². The molecule has 166 valence electrons. The topological polar surface area (TPSA) is 78.8 Å². The van der Waals surface area contributed by atoms with Gasteiger partial charge >= 0.3 is 0 Å². The van der Waals surface area contributed by atoms with E-state index in [1.54, 1.807) is 22.7 Å². The van der Waals surface area contributed by atoms with E-state index in [1.165, 1.54) is 6.20 Å². The standard InChI is InChI=1S/C23H22FN9/c1-25-21-13-27-20-6-4-17(15-33(20)21)22-18(24)12-28-23(30-22)29-19-5-3-16(11-26-19)14-32-9-7-31(2)8-10-32/h3-6,11-13,15H,7-10,14H2,2H3,(H,26,28,29,30). The molecule has 5 heterocycles. The van der Waals surface area contributed by atoms with Gasteiger partial charge in [0, 0.05) is 50.6 Å². The van der Waals surface area contributed by atoms with Gasteiger partial charge in [0.25, 0.3) is 5.82 Å². The maximum Gasteiger partial charge on any atom is 0.254 e. The highest BCUT2D eigenvalue weighted by Crippen LogP contribution is 2.25. The number of nitrogens with one attached hydrogen (secondary N) is 1. The Morgan fingerprint density at radius 1 is 1.03 bits per heavy atom. The van der Waals surface area contributed by atoms with Crippen molar-refractivity contribution in [2.24, 2.45) is 0 Å². The van der Waals surface area contributed by atoms with Crippen LogP contribution in [-0.4, -0.2) is 67.4 Å². The van der Waals surface area contributed by atoms with E-state index in [9.17, 15) is 4.39 Å². The Kier molecular flexibility index (Phi) is 5.64. The first kappa shape index (κ1) is 20.9. The minimum Gasteiger partial charge on any atom is -0.362 e. The van der Waals surface area contributed by atoms with Crippen LogP contribution in [0.2, 0.25) is 0 Å². The molecule has 0 aromatic carbocycles. The zero-order valence-electron chi connectivity index (χ0n) is 18.1. The summed E-state index contributed by atoms with van der Waals surface area (Å²) in [6.07, 6.45) is 6.09. The monoisotopic (exact) mass is 443 g/mol. The molecule has 4 aromatic heterocycles. The van der Waals surface area contributed by atoms with Crippen molar-refractivity contribution in [3.8, 4) is 11.3 Å². The Labute approximate surface area is 190 Å². The molecule has 1 aliphatic rings. The van der Waals surface area contributed by atoms with Crippen molar-refractivity contribution < 1.29 is 4.39 Å². The average Bonchev–Trinajstić information content (AvgIpc) is 3.25. The third kappa shape index (κ3) is 4.50. The Hall–Kier alpha value is -3.94. The molecule has 1 N–H and O–H groups in total. The van der Waals surface area contributed by atoms with Gasteiger partial charge in [-0.15, -0.1) is 0 Å². The Balaban J connectivity index is 1.33. The second kappa shape index (κ2) is 8.90. The first-order chi connectivity index (χ1) is 16.1. The van der Waals surface area contributed by atoms with Crippen molar-refractivity contribution in [1.82, 2.24) is 34.1 Å². The molecule has 1 aliphatic heterocycles. The number of pyridine rings is 2. The molecular formula is C23H22FN9. The van der Waals surface area contributed by atoms with E-state index in [0.29, 0.717) is 22.8 Å². The van der Waals surface area contributed by atoms with Gasteiger partial charge in [0.15, 0.2) is 5.82 Å². The average molecular weight is 443 g/mol. The van der Waals surface area contributed by atoms with Crippen LogP contribution in [0.4, 0.5) is 22.0 Å². The molecule has 9 nitrogen and oxygen atoms in total. The number of hydrogen-bond donors (Lipinski definition) is 1. The van der Waals surface area contributed by atoms with Crippen molar-refractivity contribution >= 4 is 23.2 Å². The number of piperazine rings is 1. The van der Waals surface area contributed by atoms with E-state index in [1.807, 2.05) is 18.3 Å². The lowest BCUT2D eigenvalue weighted by Gasteiger charge is -2.32. The molecule has 4 aromatic rings. The second-order valence-corrected chi connectivity index (χ2v) is 8.02. The third-order valence-electron chi connectivity index (χ3n) is 5.68. The number of aromatic nitrogens is 5. The van der Waals surface area contributed by atoms with E-state index in [4.69, 9.17) is 6.57 Å². The molecule has 1 saturated heterocycles. The van der Waals surface area contributed by atoms with Crippen LogP contribution in [0, 0.1) is 12.4 Å². The number of rotatable bonds is 5. The highest BCUT2D eigenvalue weighted by Gasteiger charge is 2.15. The number of halogens is 1. The van der Waals surface area contributed by atoms with Crippen LogP contribution in [-0.2, 0) is 6.54 Å². The molecule has 10 heteroatoms. The second-order valence-electron chi connectivity index (χ2n) is 8.02. The van der Waals surface area contributed by atoms with E-state index < -0.39 is 5.82 Å². The van der Waals surface area contributed by atoms with Gasteiger partial charge in [-0.05, 0) is 24.7 Å². The van der Waals surface area contributed by atoms with Crippen LogP contribution in [0.3, 0.4) is 0 Å². The fourth-order valence-electron chi connectivity index (χ4n) is 3.79. The number of imidazole rings is 1. The smallest absolute Gasteiger partial charge is 0.254 e. The van der Waals surface area contributed by atoms with Crippen molar-refractivity contribution in [1.29, 1.82) is 0 Å². The third-order valence-corrected chi connectivity index (χ3v) is 5.68. The molecule has 5 rings (SSSR count). The summed E-state index contributed by atoms with van der Waals surface area (Å²) in [5.74, 6) is 0.609. The van der Waals surface area contributed by atoms with Gasteiger partial charge in [-0.1, -0.05) is 12.6 Å². The van der Waals surface area contributed by atoms with Crippen LogP contribution in [0.1, 0.15) is 5.56 Å². The number of fused-ring (bicyclic) bond motifs is 1. The number of anilines is 2. The number of hydrogen-bond acceptors (Lipinski definition) is 7. The Morgan fingerprint density at radius 2 is 1.88 bits per heavy atom. The van der Waals surface area contributed by atoms with E-state index >= 15 is 0 Å². The molecule has 0 amide bonds. The van der Waals surface area contributed by atoms with Gasteiger partial charge in [0.05, 0.1) is 18.6 Å². The zero-order chi connectivity index (χ0) is 22.8. The predicted octanol–water partition coefficient (Wildman–Crippen LogP) is 3.37. The summed E-state index contributed by atoms with van der Waals surface area (Å²) in [5, 5.41) is 3.04. The van der Waals surface area contributed by atoms with Gasteiger partial charge in [-0.2, -0.15) is 0 Å². The molecule has 0 aliphatic carbocycles.